The Kier molecular flexibility index (Phi) is 3.96. The third-order valence-corrected chi connectivity index (χ3v) is 6.95. The van der Waals surface area contributed by atoms with Gasteiger partial charge in [0, 0.05) is 13.6 Å². The number of ether oxygens (including phenoxy) is 2. The fraction of sp³-hybridized carbons (Fsp3) is 0.231. The van der Waals surface area contributed by atoms with Crippen LogP contribution in [-0.2, 0) is 16.6 Å². The lowest BCUT2D eigenvalue weighted by Crippen LogP contribution is -2.25. The molecule has 0 N–H and O–H groups in total. The number of hydrogen-bond acceptors (Lipinski definition) is 5. The van der Waals surface area contributed by atoms with Gasteiger partial charge in [0.15, 0.2) is 11.5 Å². The van der Waals surface area contributed by atoms with E-state index in [1.54, 1.807) is 31.3 Å². The molecule has 0 fully saturated rings. The molecule has 3 rings (SSSR count). The molecule has 0 amide bonds. The van der Waals surface area contributed by atoms with Gasteiger partial charge >= 0.3 is 0 Å². The van der Waals surface area contributed by atoms with Crippen molar-refractivity contribution in [2.24, 2.45) is 0 Å². The number of thiophene rings is 1. The number of fused-ring (bicyclic) bond motifs is 1. The standard InChI is InChI=1S/C13H12BrNO4S2/c1-15(21(16,17)13-5-4-12(14)20-13)7-9-2-3-10-11(6-9)19-8-18-10/h2-6H,7-8H2,1H3. The van der Waals surface area contributed by atoms with Gasteiger partial charge in [0.05, 0.1) is 3.79 Å². The highest BCUT2D eigenvalue weighted by Crippen LogP contribution is 2.33. The van der Waals surface area contributed by atoms with Gasteiger partial charge in [-0.15, -0.1) is 11.3 Å². The third-order valence-electron chi connectivity index (χ3n) is 3.06. The van der Waals surface area contributed by atoms with E-state index in [1.807, 2.05) is 6.07 Å². The summed E-state index contributed by atoms with van der Waals surface area (Å²) in [6.45, 7) is 0.477. The number of halogens is 1. The van der Waals surface area contributed by atoms with E-state index in [0.717, 1.165) is 9.35 Å². The highest BCUT2D eigenvalue weighted by atomic mass is 79.9. The van der Waals surface area contributed by atoms with Gasteiger partial charge in [0.25, 0.3) is 10.0 Å². The van der Waals surface area contributed by atoms with Gasteiger partial charge in [-0.1, -0.05) is 6.07 Å². The van der Waals surface area contributed by atoms with E-state index in [9.17, 15) is 8.42 Å². The molecule has 0 aliphatic carbocycles. The summed E-state index contributed by atoms with van der Waals surface area (Å²) in [7, 11) is -1.92. The van der Waals surface area contributed by atoms with E-state index >= 15 is 0 Å². The molecule has 1 aliphatic heterocycles. The van der Waals surface area contributed by atoms with Crippen molar-refractivity contribution < 1.29 is 17.9 Å². The second-order valence-corrected chi connectivity index (χ2v) is 9.24. The summed E-state index contributed by atoms with van der Waals surface area (Å²) >= 11 is 4.48. The molecule has 1 aromatic carbocycles. The molecular weight excluding hydrogens is 378 g/mol. The Morgan fingerprint density at radius 1 is 1.24 bits per heavy atom. The fourth-order valence-corrected chi connectivity index (χ4v) is 5.35. The minimum Gasteiger partial charge on any atom is -0.454 e. The monoisotopic (exact) mass is 389 g/mol. The average Bonchev–Trinajstić information content (AvgIpc) is 3.06. The van der Waals surface area contributed by atoms with Crippen LogP contribution in [0.25, 0.3) is 0 Å². The van der Waals surface area contributed by atoms with Gasteiger partial charge in [-0.2, -0.15) is 4.31 Å². The molecule has 2 aromatic rings. The van der Waals surface area contributed by atoms with Crippen LogP contribution in [0.5, 0.6) is 11.5 Å². The molecule has 0 saturated carbocycles. The Bertz CT molecular complexity index is 772. The lowest BCUT2D eigenvalue weighted by Gasteiger charge is -2.16. The maximum Gasteiger partial charge on any atom is 0.252 e. The van der Waals surface area contributed by atoms with Gasteiger partial charge < -0.3 is 9.47 Å². The molecule has 2 heterocycles. The van der Waals surface area contributed by atoms with E-state index < -0.39 is 10.0 Å². The Balaban J connectivity index is 1.81. The SMILES string of the molecule is CN(Cc1ccc2c(c1)OCO2)S(=O)(=O)c1ccc(Br)s1. The van der Waals surface area contributed by atoms with Crippen molar-refractivity contribution in [2.45, 2.75) is 10.8 Å². The van der Waals surface area contributed by atoms with Crippen LogP contribution in [0.2, 0.25) is 0 Å². The minimum absolute atomic E-state index is 0.205. The van der Waals surface area contributed by atoms with Crippen molar-refractivity contribution in [3.63, 3.8) is 0 Å². The first kappa shape index (κ1) is 14.8. The zero-order chi connectivity index (χ0) is 15.0. The first-order valence-corrected chi connectivity index (χ1v) is 9.12. The summed E-state index contributed by atoms with van der Waals surface area (Å²) in [4.78, 5) is 0. The van der Waals surface area contributed by atoms with Crippen LogP contribution in [0.3, 0.4) is 0 Å². The van der Waals surface area contributed by atoms with E-state index in [0.29, 0.717) is 15.7 Å². The topological polar surface area (TPSA) is 55.8 Å². The molecule has 0 bridgehead atoms. The van der Waals surface area contributed by atoms with Gasteiger partial charge in [-0.05, 0) is 45.8 Å². The molecule has 0 saturated heterocycles. The summed E-state index contributed by atoms with van der Waals surface area (Å²) in [6.07, 6.45) is 0. The van der Waals surface area contributed by atoms with Crippen LogP contribution in [0.1, 0.15) is 5.56 Å². The molecule has 8 heteroatoms. The molecular formula is C13H12BrNO4S2. The summed E-state index contributed by atoms with van der Waals surface area (Å²) in [6, 6.07) is 8.76. The van der Waals surface area contributed by atoms with Crippen LogP contribution in [0.4, 0.5) is 0 Å². The van der Waals surface area contributed by atoms with Crippen molar-refractivity contribution in [2.75, 3.05) is 13.8 Å². The smallest absolute Gasteiger partial charge is 0.252 e. The van der Waals surface area contributed by atoms with Crippen LogP contribution >= 0.6 is 27.3 Å². The van der Waals surface area contributed by atoms with E-state index in [2.05, 4.69) is 15.9 Å². The van der Waals surface area contributed by atoms with E-state index in [-0.39, 0.29) is 13.3 Å². The molecule has 0 atom stereocenters. The Morgan fingerprint density at radius 3 is 2.71 bits per heavy atom. The number of hydrogen-bond donors (Lipinski definition) is 0. The first-order valence-electron chi connectivity index (χ1n) is 6.07. The average molecular weight is 390 g/mol. The second-order valence-electron chi connectivity index (χ2n) is 4.51. The molecule has 0 unspecified atom stereocenters. The Morgan fingerprint density at radius 2 is 2.00 bits per heavy atom. The van der Waals surface area contributed by atoms with Crippen molar-refractivity contribution in [1.29, 1.82) is 0 Å². The van der Waals surface area contributed by atoms with E-state index in [1.165, 1.54) is 15.6 Å². The highest BCUT2D eigenvalue weighted by molar-refractivity contribution is 9.11. The molecule has 1 aliphatic rings. The van der Waals surface area contributed by atoms with Gasteiger partial charge in [0.1, 0.15) is 4.21 Å². The van der Waals surface area contributed by atoms with Crippen molar-refractivity contribution in [3.8, 4) is 11.5 Å². The van der Waals surface area contributed by atoms with Crippen molar-refractivity contribution in [3.05, 3.63) is 39.7 Å². The summed E-state index contributed by atoms with van der Waals surface area (Å²) in [5.41, 5.74) is 0.848. The molecule has 112 valence electrons. The summed E-state index contributed by atoms with van der Waals surface area (Å²) < 4.78 is 37.9. The van der Waals surface area contributed by atoms with Crippen LogP contribution in [-0.4, -0.2) is 26.6 Å². The zero-order valence-electron chi connectivity index (χ0n) is 11.1. The van der Waals surface area contributed by atoms with E-state index in [4.69, 9.17) is 9.47 Å². The molecule has 5 nitrogen and oxygen atoms in total. The predicted octanol–water partition coefficient (Wildman–Crippen LogP) is 3.06. The summed E-state index contributed by atoms with van der Waals surface area (Å²) in [5, 5.41) is 0. The van der Waals surface area contributed by atoms with Gasteiger partial charge in [0.2, 0.25) is 6.79 Å². The molecule has 0 spiro atoms. The number of nitrogens with zero attached hydrogens (tertiary/aromatic N) is 1. The number of sulfonamides is 1. The lowest BCUT2D eigenvalue weighted by atomic mass is 10.2. The quantitative estimate of drug-likeness (QED) is 0.805. The second kappa shape index (κ2) is 5.60. The molecule has 0 radical (unpaired) electrons. The summed E-state index contributed by atoms with van der Waals surface area (Å²) in [5.74, 6) is 1.34. The van der Waals surface area contributed by atoms with Crippen LogP contribution < -0.4 is 9.47 Å². The van der Waals surface area contributed by atoms with Crippen LogP contribution in [0.15, 0.2) is 38.3 Å². The maximum atomic E-state index is 12.4. The predicted molar refractivity (Wildman–Crippen MR) is 83.2 cm³/mol. The minimum atomic E-state index is -3.48. The lowest BCUT2D eigenvalue weighted by molar-refractivity contribution is 0.174. The highest BCUT2D eigenvalue weighted by Gasteiger charge is 2.23. The van der Waals surface area contributed by atoms with Crippen molar-refractivity contribution in [1.82, 2.24) is 4.31 Å². The van der Waals surface area contributed by atoms with Crippen molar-refractivity contribution >= 4 is 37.3 Å². The third kappa shape index (κ3) is 2.94. The van der Waals surface area contributed by atoms with Crippen LogP contribution in [0, 0.1) is 0 Å². The Hall–Kier alpha value is -1.09. The zero-order valence-corrected chi connectivity index (χ0v) is 14.3. The number of benzene rings is 1. The first-order chi connectivity index (χ1) is 9.96. The Labute approximate surface area is 135 Å². The molecule has 21 heavy (non-hydrogen) atoms. The largest absolute Gasteiger partial charge is 0.454 e. The van der Waals surface area contributed by atoms with Gasteiger partial charge in [-0.25, -0.2) is 8.42 Å². The number of rotatable bonds is 4. The van der Waals surface area contributed by atoms with Gasteiger partial charge in [-0.3, -0.25) is 0 Å². The normalized spacial score (nSPS) is 13.9. The molecule has 1 aromatic heterocycles. The maximum absolute atomic E-state index is 12.4. The fourth-order valence-electron chi connectivity index (χ4n) is 1.97.